The van der Waals surface area contributed by atoms with Crippen LogP contribution in [0.1, 0.15) is 34.9 Å². The van der Waals surface area contributed by atoms with Crippen molar-refractivity contribution in [2.75, 3.05) is 6.61 Å². The Morgan fingerprint density at radius 3 is 2.43 bits per heavy atom. The monoisotopic (exact) mass is 394 g/mol. The van der Waals surface area contributed by atoms with Crippen molar-refractivity contribution in [3.8, 4) is 0 Å². The molecule has 7 nitrogen and oxygen atoms in total. The van der Waals surface area contributed by atoms with E-state index < -0.39 is 66.7 Å². The van der Waals surface area contributed by atoms with Crippen molar-refractivity contribution in [3.05, 3.63) is 34.9 Å². The molecule has 2 saturated heterocycles. The van der Waals surface area contributed by atoms with E-state index in [1.807, 2.05) is 0 Å². The summed E-state index contributed by atoms with van der Waals surface area (Å²) < 4.78 is 39.4. The molecule has 4 rings (SSSR count). The predicted molar refractivity (Wildman–Crippen MR) is 85.9 cm³/mol. The van der Waals surface area contributed by atoms with Crippen molar-refractivity contribution >= 4 is 23.9 Å². The van der Waals surface area contributed by atoms with Gasteiger partial charge in [0.15, 0.2) is 0 Å². The standard InChI is InChI=1S/C19H16F2O7/c1-7-2-3-8-9(4-7)14-15(18(25)28-17(14)24)11(6-26-19(20)21)13(8)10-5-12(22)27-16(10)23/h2-4,10-11,13-15,19H,5-6H2,1H3. The quantitative estimate of drug-likeness (QED) is 0.568. The maximum absolute atomic E-state index is 12.7. The van der Waals surface area contributed by atoms with Crippen LogP contribution in [0.15, 0.2) is 18.2 Å². The second kappa shape index (κ2) is 6.73. The van der Waals surface area contributed by atoms with E-state index in [1.165, 1.54) is 0 Å². The van der Waals surface area contributed by atoms with Crippen molar-refractivity contribution in [1.82, 2.24) is 0 Å². The molecule has 1 aromatic rings. The van der Waals surface area contributed by atoms with Gasteiger partial charge in [0.25, 0.3) is 0 Å². The number of halogens is 2. The third-order valence-electron chi connectivity index (χ3n) is 5.70. The summed E-state index contributed by atoms with van der Waals surface area (Å²) in [5, 5.41) is 0. The topological polar surface area (TPSA) is 96.0 Å². The molecule has 0 radical (unpaired) electrons. The van der Waals surface area contributed by atoms with E-state index in [0.29, 0.717) is 11.1 Å². The number of carbonyl (C=O) groups excluding carboxylic acids is 4. The van der Waals surface area contributed by atoms with Crippen LogP contribution in [0.4, 0.5) is 8.78 Å². The molecule has 0 bridgehead atoms. The van der Waals surface area contributed by atoms with Gasteiger partial charge < -0.3 is 14.2 Å². The van der Waals surface area contributed by atoms with Crippen molar-refractivity contribution in [2.45, 2.75) is 31.8 Å². The normalized spacial score (nSPS) is 31.6. The lowest BCUT2D eigenvalue weighted by Gasteiger charge is -2.40. The number of cyclic esters (lactones) is 4. The fourth-order valence-electron chi connectivity index (χ4n) is 4.65. The molecule has 2 aliphatic heterocycles. The number of alkyl halides is 2. The van der Waals surface area contributed by atoms with Crippen LogP contribution < -0.4 is 0 Å². The smallest absolute Gasteiger partial charge is 0.345 e. The summed E-state index contributed by atoms with van der Waals surface area (Å²) in [5.41, 5.74) is 1.86. The van der Waals surface area contributed by atoms with E-state index in [-0.39, 0.29) is 6.42 Å². The molecule has 0 amide bonds. The third kappa shape index (κ3) is 2.90. The van der Waals surface area contributed by atoms with Crippen LogP contribution in [0.2, 0.25) is 0 Å². The number of esters is 4. The van der Waals surface area contributed by atoms with Crippen LogP contribution in [0, 0.1) is 24.7 Å². The highest BCUT2D eigenvalue weighted by Crippen LogP contribution is 2.54. The van der Waals surface area contributed by atoms with E-state index in [2.05, 4.69) is 9.47 Å². The Labute approximate surface area is 157 Å². The number of fused-ring (bicyclic) bond motifs is 3. The van der Waals surface area contributed by atoms with Gasteiger partial charge in [0.2, 0.25) is 0 Å². The SMILES string of the molecule is Cc1ccc2c(c1)C1C(=O)OC(=O)C1C(COC(F)F)C2C1CC(=O)OC1=O. The van der Waals surface area contributed by atoms with Crippen LogP contribution in [-0.4, -0.2) is 37.1 Å². The second-order valence-electron chi connectivity index (χ2n) is 7.26. The van der Waals surface area contributed by atoms with Gasteiger partial charge >= 0.3 is 30.5 Å². The summed E-state index contributed by atoms with van der Waals surface area (Å²) in [5.74, 6) is -7.83. The molecule has 3 aliphatic rings. The number of benzene rings is 1. The van der Waals surface area contributed by atoms with Crippen LogP contribution in [0.25, 0.3) is 0 Å². The van der Waals surface area contributed by atoms with Crippen LogP contribution in [0.5, 0.6) is 0 Å². The molecular formula is C19H16F2O7. The number of rotatable bonds is 4. The molecule has 0 aromatic heterocycles. The maximum atomic E-state index is 12.7. The van der Waals surface area contributed by atoms with Gasteiger partial charge in [-0.2, -0.15) is 8.78 Å². The summed E-state index contributed by atoms with van der Waals surface area (Å²) in [4.78, 5) is 48.7. The Morgan fingerprint density at radius 2 is 1.79 bits per heavy atom. The molecule has 1 aromatic carbocycles. The molecule has 5 unspecified atom stereocenters. The summed E-state index contributed by atoms with van der Waals surface area (Å²) >= 11 is 0. The van der Waals surface area contributed by atoms with Gasteiger partial charge in [-0.15, -0.1) is 0 Å². The Kier molecular flexibility index (Phi) is 4.49. The second-order valence-corrected chi connectivity index (χ2v) is 7.26. The van der Waals surface area contributed by atoms with Crippen molar-refractivity contribution in [1.29, 1.82) is 0 Å². The zero-order chi connectivity index (χ0) is 20.2. The Bertz CT molecular complexity index is 881. The predicted octanol–water partition coefficient (Wildman–Crippen LogP) is 1.82. The molecule has 2 heterocycles. The summed E-state index contributed by atoms with van der Waals surface area (Å²) in [6, 6.07) is 5.15. The van der Waals surface area contributed by atoms with Crippen molar-refractivity contribution in [3.63, 3.8) is 0 Å². The van der Waals surface area contributed by atoms with E-state index in [9.17, 15) is 28.0 Å². The van der Waals surface area contributed by atoms with E-state index in [1.54, 1.807) is 25.1 Å². The number of hydrogen-bond acceptors (Lipinski definition) is 7. The fourth-order valence-corrected chi connectivity index (χ4v) is 4.65. The van der Waals surface area contributed by atoms with Crippen LogP contribution >= 0.6 is 0 Å². The highest BCUT2D eigenvalue weighted by molar-refractivity contribution is 6.01. The Hall–Kier alpha value is -2.68. The van der Waals surface area contributed by atoms with Gasteiger partial charge in [-0.25, -0.2) is 0 Å². The zero-order valence-electron chi connectivity index (χ0n) is 14.7. The highest BCUT2D eigenvalue weighted by Gasteiger charge is 2.58. The molecular weight excluding hydrogens is 378 g/mol. The Morgan fingerprint density at radius 1 is 1.04 bits per heavy atom. The molecule has 0 N–H and O–H groups in total. The zero-order valence-corrected chi connectivity index (χ0v) is 14.7. The first-order chi connectivity index (χ1) is 13.3. The van der Waals surface area contributed by atoms with Gasteiger partial charge in [0.05, 0.1) is 30.8 Å². The van der Waals surface area contributed by atoms with Gasteiger partial charge in [-0.1, -0.05) is 23.8 Å². The van der Waals surface area contributed by atoms with E-state index >= 15 is 0 Å². The molecule has 148 valence electrons. The largest absolute Gasteiger partial charge is 0.393 e. The number of carbonyl (C=O) groups is 4. The molecule has 2 fully saturated rings. The minimum absolute atomic E-state index is 0.234. The molecule has 0 spiro atoms. The summed E-state index contributed by atoms with van der Waals surface area (Å²) in [6.45, 7) is -1.87. The number of ether oxygens (including phenoxy) is 3. The van der Waals surface area contributed by atoms with Gasteiger partial charge in [-0.3, -0.25) is 19.2 Å². The average Bonchev–Trinajstić information content (AvgIpc) is 3.10. The van der Waals surface area contributed by atoms with Gasteiger partial charge in [-0.05, 0) is 18.1 Å². The van der Waals surface area contributed by atoms with Crippen molar-refractivity contribution in [2.24, 2.45) is 17.8 Å². The highest BCUT2D eigenvalue weighted by atomic mass is 19.3. The summed E-state index contributed by atoms with van der Waals surface area (Å²) in [7, 11) is 0. The van der Waals surface area contributed by atoms with Crippen LogP contribution in [0.3, 0.4) is 0 Å². The van der Waals surface area contributed by atoms with Crippen LogP contribution in [-0.2, 0) is 33.4 Å². The lowest BCUT2D eigenvalue weighted by Crippen LogP contribution is -2.42. The first-order valence-electron chi connectivity index (χ1n) is 8.78. The first-order valence-corrected chi connectivity index (χ1v) is 8.78. The fraction of sp³-hybridized carbons (Fsp3) is 0.474. The number of aryl methyl sites for hydroxylation is 1. The van der Waals surface area contributed by atoms with Gasteiger partial charge in [0, 0.05) is 11.8 Å². The minimum atomic E-state index is -3.09. The lowest BCUT2D eigenvalue weighted by atomic mass is 9.61. The van der Waals surface area contributed by atoms with Crippen molar-refractivity contribution < 1.29 is 42.2 Å². The Balaban J connectivity index is 1.87. The average molecular weight is 394 g/mol. The van der Waals surface area contributed by atoms with E-state index in [0.717, 1.165) is 5.56 Å². The first kappa shape index (κ1) is 18.7. The maximum Gasteiger partial charge on any atom is 0.345 e. The number of hydrogen-bond donors (Lipinski definition) is 0. The molecule has 9 heteroatoms. The minimum Gasteiger partial charge on any atom is -0.393 e. The molecule has 5 atom stereocenters. The molecule has 1 aliphatic carbocycles. The van der Waals surface area contributed by atoms with Gasteiger partial charge in [0.1, 0.15) is 0 Å². The molecule has 28 heavy (non-hydrogen) atoms. The molecule has 0 saturated carbocycles. The third-order valence-corrected chi connectivity index (χ3v) is 5.70. The summed E-state index contributed by atoms with van der Waals surface area (Å²) in [6.07, 6.45) is -0.234. The van der Waals surface area contributed by atoms with E-state index in [4.69, 9.17) is 4.74 Å². The lowest BCUT2D eigenvalue weighted by molar-refractivity contribution is -0.161.